The van der Waals surface area contributed by atoms with Crippen LogP contribution in [0.15, 0.2) is 71.9 Å². The van der Waals surface area contributed by atoms with Crippen LogP contribution >= 0.6 is 23.4 Å². The molecule has 0 aliphatic carbocycles. The highest BCUT2D eigenvalue weighted by Crippen LogP contribution is 2.35. The summed E-state index contributed by atoms with van der Waals surface area (Å²) in [4.78, 5) is 21.5. The van der Waals surface area contributed by atoms with Crippen molar-refractivity contribution in [3.63, 3.8) is 0 Å². The number of rotatable bonds is 7. The molecule has 0 radical (unpaired) electrons. The summed E-state index contributed by atoms with van der Waals surface area (Å²) in [6, 6.07) is 22.2. The number of carbonyl (C=O) groups excluding carboxylic acids is 1. The van der Waals surface area contributed by atoms with Crippen molar-refractivity contribution in [2.75, 3.05) is 5.32 Å². The highest BCUT2D eigenvalue weighted by atomic mass is 35.5. The molecule has 3 aromatic carbocycles. The number of carbonyl (C=O) groups is 1. The summed E-state index contributed by atoms with van der Waals surface area (Å²) in [5, 5.41) is 4.04. The average Bonchev–Trinajstić information content (AvgIpc) is 3.24. The van der Waals surface area contributed by atoms with Gasteiger partial charge >= 0.3 is 0 Å². The Morgan fingerprint density at radius 1 is 0.971 bits per heavy atom. The van der Waals surface area contributed by atoms with E-state index in [4.69, 9.17) is 16.6 Å². The number of nitrogens with zero attached hydrogens (tertiary/aromatic N) is 1. The molecule has 1 aromatic heterocycles. The second-order valence-corrected chi connectivity index (χ2v) is 10.1. The van der Waals surface area contributed by atoms with Gasteiger partial charge in [0.25, 0.3) is 0 Å². The minimum absolute atomic E-state index is 0.0666. The number of benzene rings is 3. The van der Waals surface area contributed by atoms with Crippen LogP contribution < -0.4 is 5.32 Å². The molecule has 2 N–H and O–H groups in total. The number of H-pyrrole nitrogens is 1. The molecule has 0 saturated carbocycles. The van der Waals surface area contributed by atoms with Gasteiger partial charge in [0.1, 0.15) is 0 Å². The second-order valence-electron chi connectivity index (χ2n) is 8.46. The van der Waals surface area contributed by atoms with E-state index < -0.39 is 0 Å². The fourth-order valence-electron chi connectivity index (χ4n) is 3.66. The summed E-state index contributed by atoms with van der Waals surface area (Å²) < 4.78 is 0. The predicted molar refractivity (Wildman–Crippen MR) is 144 cm³/mol. The van der Waals surface area contributed by atoms with Gasteiger partial charge in [-0.2, -0.15) is 0 Å². The fraction of sp³-hybridized carbons (Fsp3) is 0.214. The first-order valence-electron chi connectivity index (χ1n) is 11.3. The number of hydrogen-bond donors (Lipinski definition) is 2. The van der Waals surface area contributed by atoms with E-state index in [1.54, 1.807) is 6.07 Å². The number of thioether (sulfide) groups is 1. The molecule has 0 saturated heterocycles. The highest BCUT2D eigenvalue weighted by Gasteiger charge is 2.22. The maximum absolute atomic E-state index is 13.1. The van der Waals surface area contributed by atoms with E-state index in [1.807, 2.05) is 26.0 Å². The molecular weight excluding hydrogens is 462 g/mol. The molecule has 4 aromatic rings. The summed E-state index contributed by atoms with van der Waals surface area (Å²) in [6.07, 6.45) is 0.663. The SMILES string of the molecule is CCC(Sc1nc(-c2ccc(C)cc2)c(-c2ccc(C)cc2)[nH]1)C(=O)Nc1cc(Cl)ccc1C. The van der Waals surface area contributed by atoms with Crippen LogP contribution in [0.3, 0.4) is 0 Å². The van der Waals surface area contributed by atoms with Crippen LogP contribution in [0.2, 0.25) is 5.02 Å². The van der Waals surface area contributed by atoms with Crippen LogP contribution in [0.5, 0.6) is 0 Å². The zero-order valence-electron chi connectivity index (χ0n) is 19.8. The highest BCUT2D eigenvalue weighted by molar-refractivity contribution is 8.00. The standard InChI is InChI=1S/C28H28ClN3OS/c1-5-24(27(33)30-23-16-22(29)15-10-19(23)4)34-28-31-25(20-11-6-17(2)7-12-20)26(32-28)21-13-8-18(3)9-14-21/h6-16,24H,5H2,1-4H3,(H,30,33)(H,31,32). The van der Waals surface area contributed by atoms with Gasteiger partial charge in [-0.1, -0.05) is 96.0 Å². The van der Waals surface area contributed by atoms with E-state index in [0.717, 1.165) is 38.9 Å². The van der Waals surface area contributed by atoms with Crippen molar-refractivity contribution in [1.29, 1.82) is 0 Å². The number of halogens is 1. The predicted octanol–water partition coefficient (Wildman–Crippen LogP) is 7.83. The van der Waals surface area contributed by atoms with Crippen molar-refractivity contribution in [1.82, 2.24) is 9.97 Å². The number of imidazole rings is 1. The van der Waals surface area contributed by atoms with E-state index in [9.17, 15) is 4.79 Å². The molecule has 0 bridgehead atoms. The van der Waals surface area contributed by atoms with Crippen LogP contribution in [-0.2, 0) is 4.79 Å². The monoisotopic (exact) mass is 489 g/mol. The second kappa shape index (κ2) is 10.5. The van der Waals surface area contributed by atoms with Gasteiger partial charge in [-0.25, -0.2) is 4.98 Å². The lowest BCUT2D eigenvalue weighted by Gasteiger charge is -2.15. The summed E-state index contributed by atoms with van der Waals surface area (Å²) in [6.45, 7) is 8.11. The first-order chi connectivity index (χ1) is 16.3. The van der Waals surface area contributed by atoms with Gasteiger partial charge in [-0.05, 0) is 44.9 Å². The molecule has 0 aliphatic heterocycles. The van der Waals surface area contributed by atoms with Crippen LogP contribution in [0, 0.1) is 20.8 Å². The third-order valence-electron chi connectivity index (χ3n) is 5.72. The summed E-state index contributed by atoms with van der Waals surface area (Å²) in [5.41, 5.74) is 8.04. The Bertz CT molecular complexity index is 1230. The van der Waals surface area contributed by atoms with Crippen LogP contribution in [0.1, 0.15) is 30.0 Å². The van der Waals surface area contributed by atoms with E-state index in [-0.39, 0.29) is 11.2 Å². The Labute approximate surface area is 210 Å². The molecule has 1 atom stereocenters. The summed E-state index contributed by atoms with van der Waals surface area (Å²) in [5.74, 6) is -0.0666. The lowest BCUT2D eigenvalue weighted by molar-refractivity contribution is -0.115. The number of amides is 1. The minimum Gasteiger partial charge on any atom is -0.332 e. The first-order valence-corrected chi connectivity index (χ1v) is 12.6. The maximum Gasteiger partial charge on any atom is 0.237 e. The van der Waals surface area contributed by atoms with Gasteiger partial charge in [0, 0.05) is 21.8 Å². The van der Waals surface area contributed by atoms with Gasteiger partial charge in [0.2, 0.25) is 5.91 Å². The third-order valence-corrected chi connectivity index (χ3v) is 7.21. The van der Waals surface area contributed by atoms with Gasteiger partial charge < -0.3 is 10.3 Å². The zero-order valence-corrected chi connectivity index (χ0v) is 21.3. The van der Waals surface area contributed by atoms with Crippen molar-refractivity contribution in [3.05, 3.63) is 88.4 Å². The molecule has 6 heteroatoms. The fourth-order valence-corrected chi connectivity index (χ4v) is 4.74. The topological polar surface area (TPSA) is 57.8 Å². The Morgan fingerprint density at radius 3 is 2.21 bits per heavy atom. The lowest BCUT2D eigenvalue weighted by Crippen LogP contribution is -2.25. The van der Waals surface area contributed by atoms with Crippen molar-refractivity contribution >= 4 is 35.0 Å². The molecule has 4 rings (SSSR count). The van der Waals surface area contributed by atoms with E-state index in [1.165, 1.54) is 22.9 Å². The number of anilines is 1. The molecular formula is C28H28ClN3OS. The van der Waals surface area contributed by atoms with Gasteiger partial charge in [-0.15, -0.1) is 0 Å². The van der Waals surface area contributed by atoms with Crippen LogP contribution in [-0.4, -0.2) is 21.1 Å². The Kier molecular flexibility index (Phi) is 7.44. The number of hydrogen-bond acceptors (Lipinski definition) is 3. The van der Waals surface area contributed by atoms with E-state index in [0.29, 0.717) is 11.4 Å². The lowest BCUT2D eigenvalue weighted by atomic mass is 10.0. The average molecular weight is 490 g/mol. The zero-order chi connectivity index (χ0) is 24.2. The van der Waals surface area contributed by atoms with Crippen molar-refractivity contribution in [2.24, 2.45) is 0 Å². The summed E-state index contributed by atoms with van der Waals surface area (Å²) in [7, 11) is 0. The Hall–Kier alpha value is -3.02. The van der Waals surface area contributed by atoms with E-state index >= 15 is 0 Å². The molecule has 0 aliphatic rings. The van der Waals surface area contributed by atoms with Gasteiger partial charge in [0.15, 0.2) is 5.16 Å². The molecule has 1 unspecified atom stereocenters. The van der Waals surface area contributed by atoms with Crippen molar-refractivity contribution < 1.29 is 4.79 Å². The number of aromatic nitrogens is 2. The van der Waals surface area contributed by atoms with Gasteiger partial charge in [-0.3, -0.25) is 4.79 Å². The number of nitrogens with one attached hydrogen (secondary N) is 2. The van der Waals surface area contributed by atoms with Gasteiger partial charge in [0.05, 0.1) is 16.6 Å². The number of aromatic amines is 1. The van der Waals surface area contributed by atoms with Crippen LogP contribution in [0.25, 0.3) is 22.5 Å². The quantitative estimate of drug-likeness (QED) is 0.260. The molecule has 1 amide bonds. The normalized spacial score (nSPS) is 11.9. The van der Waals surface area contributed by atoms with Crippen LogP contribution in [0.4, 0.5) is 5.69 Å². The number of aryl methyl sites for hydroxylation is 3. The third kappa shape index (κ3) is 5.54. The largest absolute Gasteiger partial charge is 0.332 e. The van der Waals surface area contributed by atoms with Crippen molar-refractivity contribution in [3.8, 4) is 22.5 Å². The molecule has 174 valence electrons. The first kappa shape index (κ1) is 24.1. The molecule has 0 fully saturated rings. The molecule has 4 nitrogen and oxygen atoms in total. The Balaban J connectivity index is 1.64. The Morgan fingerprint density at radius 2 is 1.59 bits per heavy atom. The molecule has 1 heterocycles. The maximum atomic E-state index is 13.1. The summed E-state index contributed by atoms with van der Waals surface area (Å²) >= 11 is 7.57. The minimum atomic E-state index is -0.304. The molecule has 0 spiro atoms. The molecule has 34 heavy (non-hydrogen) atoms. The van der Waals surface area contributed by atoms with Crippen molar-refractivity contribution in [2.45, 2.75) is 44.5 Å². The van der Waals surface area contributed by atoms with E-state index in [2.05, 4.69) is 72.7 Å². The smallest absolute Gasteiger partial charge is 0.237 e.